The zero-order valence-electron chi connectivity index (χ0n) is 17.2. The van der Waals surface area contributed by atoms with Crippen molar-refractivity contribution in [2.24, 2.45) is 0 Å². The number of phenols is 1. The number of carbonyl (C=O) groups excluding carboxylic acids is 1. The molecule has 31 heavy (non-hydrogen) atoms. The molecule has 2 aromatic rings. The minimum absolute atomic E-state index is 0.0393. The number of ether oxygens (including phenoxy) is 2. The van der Waals surface area contributed by atoms with Crippen LogP contribution in [0, 0.1) is 10.1 Å². The molecule has 10 heteroatoms. The van der Waals surface area contributed by atoms with Crippen LogP contribution in [0.1, 0.15) is 19.4 Å². The highest BCUT2D eigenvalue weighted by molar-refractivity contribution is 7.80. The number of nitro groups is 1. The van der Waals surface area contributed by atoms with Gasteiger partial charge in [0, 0.05) is 18.7 Å². The molecule has 0 atom stereocenters. The summed E-state index contributed by atoms with van der Waals surface area (Å²) in [5, 5.41) is 22.0. The summed E-state index contributed by atoms with van der Waals surface area (Å²) in [6, 6.07) is 9.20. The maximum atomic E-state index is 13.1. The molecule has 0 aliphatic carbocycles. The molecular weight excluding hydrogens is 422 g/mol. The van der Waals surface area contributed by atoms with Gasteiger partial charge < -0.3 is 19.5 Å². The van der Waals surface area contributed by atoms with E-state index >= 15 is 0 Å². The molecule has 0 radical (unpaired) electrons. The highest BCUT2D eigenvalue weighted by Gasteiger charge is 2.37. The van der Waals surface area contributed by atoms with Gasteiger partial charge in [0.05, 0.1) is 29.9 Å². The Hall–Kier alpha value is -3.66. The second-order valence-corrected chi connectivity index (χ2v) is 6.88. The van der Waals surface area contributed by atoms with E-state index in [1.54, 1.807) is 38.2 Å². The van der Waals surface area contributed by atoms with Crippen LogP contribution >= 0.6 is 12.2 Å². The molecule has 9 nitrogen and oxygen atoms in total. The lowest BCUT2D eigenvalue weighted by Gasteiger charge is -2.16. The Balaban J connectivity index is 2.02. The zero-order chi connectivity index (χ0) is 22.7. The molecule has 0 spiro atoms. The van der Waals surface area contributed by atoms with E-state index in [0.717, 1.165) is 6.07 Å². The number of carbonyl (C=O) groups is 1. The van der Waals surface area contributed by atoms with Crippen LogP contribution in [0.2, 0.25) is 0 Å². The van der Waals surface area contributed by atoms with E-state index in [1.807, 2.05) is 6.92 Å². The summed E-state index contributed by atoms with van der Waals surface area (Å²) in [7, 11) is 1.61. The van der Waals surface area contributed by atoms with Crippen molar-refractivity contribution in [3.63, 3.8) is 0 Å². The number of rotatable bonds is 7. The Morgan fingerprint density at radius 1 is 1.16 bits per heavy atom. The Morgan fingerprint density at radius 2 is 1.81 bits per heavy atom. The fraction of sp³-hybridized carbons (Fsp3) is 0.238. The van der Waals surface area contributed by atoms with E-state index in [4.69, 9.17) is 21.7 Å². The lowest BCUT2D eigenvalue weighted by molar-refractivity contribution is -0.385. The van der Waals surface area contributed by atoms with Crippen LogP contribution in [0.15, 0.2) is 42.1 Å². The molecule has 1 N–H and O–H groups in total. The predicted octanol–water partition coefficient (Wildman–Crippen LogP) is 3.70. The number of thiocarbonyl (C=S) groups is 1. The number of non-ortho nitro benzene ring substituents is 1. The molecule has 0 unspecified atom stereocenters. The van der Waals surface area contributed by atoms with E-state index in [1.165, 1.54) is 21.9 Å². The van der Waals surface area contributed by atoms with E-state index in [0.29, 0.717) is 18.0 Å². The highest BCUT2D eigenvalue weighted by Crippen LogP contribution is 2.37. The first-order valence-electron chi connectivity index (χ1n) is 9.49. The summed E-state index contributed by atoms with van der Waals surface area (Å²) in [6.45, 7) is 4.29. The van der Waals surface area contributed by atoms with E-state index in [-0.39, 0.29) is 40.2 Å². The van der Waals surface area contributed by atoms with Crippen molar-refractivity contribution in [3.05, 3.63) is 57.8 Å². The summed E-state index contributed by atoms with van der Waals surface area (Å²) >= 11 is 5.43. The van der Waals surface area contributed by atoms with E-state index < -0.39 is 10.8 Å². The standard InChI is InChI=1S/C21H21N3O6S/c1-4-29-16-8-6-14(7-9-16)23-20(26)17(22(3)21(23)31)11-13-10-15(24(27)28)12-18(19(13)25)30-5-2/h6-12,25H,4-5H2,1-3H3/b17-11-. The van der Waals surface area contributed by atoms with Crippen molar-refractivity contribution in [2.75, 3.05) is 25.2 Å². The Bertz CT molecular complexity index is 1070. The number of aromatic hydroxyl groups is 1. The summed E-state index contributed by atoms with van der Waals surface area (Å²) in [5.41, 5.74) is 0.500. The minimum Gasteiger partial charge on any atom is -0.504 e. The van der Waals surface area contributed by atoms with Crippen molar-refractivity contribution < 1.29 is 24.3 Å². The second-order valence-electron chi connectivity index (χ2n) is 6.51. The lowest BCUT2D eigenvalue weighted by Crippen LogP contribution is -2.31. The summed E-state index contributed by atoms with van der Waals surface area (Å²) in [5.74, 6) is -0.104. The molecule has 1 aliphatic rings. The number of hydrogen-bond acceptors (Lipinski definition) is 7. The van der Waals surface area contributed by atoms with Gasteiger partial charge in [0.25, 0.3) is 11.6 Å². The third-order valence-electron chi connectivity index (χ3n) is 4.56. The first-order chi connectivity index (χ1) is 14.8. The smallest absolute Gasteiger partial charge is 0.281 e. The molecule has 1 heterocycles. The molecule has 2 aromatic carbocycles. The summed E-state index contributed by atoms with van der Waals surface area (Å²) < 4.78 is 10.7. The number of amides is 1. The number of nitrogens with zero attached hydrogens (tertiary/aromatic N) is 3. The van der Waals surface area contributed by atoms with Gasteiger partial charge in [-0.1, -0.05) is 0 Å². The van der Waals surface area contributed by atoms with Crippen molar-refractivity contribution in [2.45, 2.75) is 13.8 Å². The van der Waals surface area contributed by atoms with Crippen LogP contribution in [-0.4, -0.2) is 46.2 Å². The number of phenolic OH excluding ortho intramolecular Hbond substituents is 1. The average molecular weight is 443 g/mol. The highest BCUT2D eigenvalue weighted by atomic mass is 32.1. The summed E-state index contributed by atoms with van der Waals surface area (Å²) in [6.07, 6.45) is 1.36. The monoisotopic (exact) mass is 443 g/mol. The van der Waals surface area contributed by atoms with Gasteiger partial charge in [-0.2, -0.15) is 0 Å². The van der Waals surface area contributed by atoms with Gasteiger partial charge in [0.15, 0.2) is 16.6 Å². The molecule has 0 saturated carbocycles. The zero-order valence-corrected chi connectivity index (χ0v) is 18.0. The van der Waals surface area contributed by atoms with Crippen molar-refractivity contribution in [1.82, 2.24) is 4.90 Å². The second kappa shape index (κ2) is 9.00. The third-order valence-corrected chi connectivity index (χ3v) is 5.02. The van der Waals surface area contributed by atoms with Gasteiger partial charge in [0.1, 0.15) is 11.4 Å². The van der Waals surface area contributed by atoms with Gasteiger partial charge in [-0.25, -0.2) is 0 Å². The fourth-order valence-corrected chi connectivity index (χ4v) is 3.37. The van der Waals surface area contributed by atoms with Crippen LogP contribution in [-0.2, 0) is 4.79 Å². The van der Waals surface area contributed by atoms with Crippen LogP contribution < -0.4 is 14.4 Å². The van der Waals surface area contributed by atoms with Crippen LogP contribution in [0.25, 0.3) is 6.08 Å². The van der Waals surface area contributed by atoms with Gasteiger partial charge in [-0.15, -0.1) is 0 Å². The molecular formula is C21H21N3O6S. The Kier molecular flexibility index (Phi) is 6.40. The maximum absolute atomic E-state index is 13.1. The molecule has 0 bridgehead atoms. The van der Waals surface area contributed by atoms with Crippen molar-refractivity contribution in [3.8, 4) is 17.2 Å². The molecule has 3 rings (SSSR count). The fourth-order valence-electron chi connectivity index (χ4n) is 3.08. The molecule has 162 valence electrons. The maximum Gasteiger partial charge on any atom is 0.281 e. The number of benzene rings is 2. The van der Waals surface area contributed by atoms with Crippen LogP contribution in [0.3, 0.4) is 0 Å². The lowest BCUT2D eigenvalue weighted by atomic mass is 10.1. The quantitative estimate of drug-likeness (QED) is 0.299. The Morgan fingerprint density at radius 3 is 2.39 bits per heavy atom. The van der Waals surface area contributed by atoms with E-state index in [9.17, 15) is 20.0 Å². The van der Waals surface area contributed by atoms with Crippen LogP contribution in [0.5, 0.6) is 17.2 Å². The number of anilines is 1. The largest absolute Gasteiger partial charge is 0.504 e. The predicted molar refractivity (Wildman–Crippen MR) is 119 cm³/mol. The van der Waals surface area contributed by atoms with Crippen molar-refractivity contribution >= 4 is 40.7 Å². The van der Waals surface area contributed by atoms with Gasteiger partial charge in [-0.3, -0.25) is 19.8 Å². The topological polar surface area (TPSA) is 105 Å². The molecule has 1 saturated heterocycles. The molecule has 0 aromatic heterocycles. The summed E-state index contributed by atoms with van der Waals surface area (Å²) in [4.78, 5) is 26.6. The number of hydrogen-bond donors (Lipinski definition) is 1. The SMILES string of the molecule is CCOc1ccc(N2C(=O)/C(=C/c3cc([N+](=O)[O-])cc(OCC)c3O)N(C)C2=S)cc1. The number of nitro benzene ring substituents is 1. The van der Waals surface area contributed by atoms with Crippen molar-refractivity contribution in [1.29, 1.82) is 0 Å². The third kappa shape index (κ3) is 4.29. The normalized spacial score (nSPS) is 15.0. The Labute approximate surface area is 184 Å². The number of likely N-dealkylation sites (N-methyl/N-ethyl adjacent to an activating group) is 1. The minimum atomic E-state index is -0.596. The van der Waals surface area contributed by atoms with E-state index in [2.05, 4.69) is 0 Å². The average Bonchev–Trinajstić information content (AvgIpc) is 2.95. The van der Waals surface area contributed by atoms with Gasteiger partial charge in [0.2, 0.25) is 0 Å². The molecule has 1 fully saturated rings. The molecule has 1 aliphatic heterocycles. The van der Waals surface area contributed by atoms with Crippen LogP contribution in [0.4, 0.5) is 11.4 Å². The first kappa shape index (κ1) is 22.0. The van der Waals surface area contributed by atoms with Gasteiger partial charge >= 0.3 is 0 Å². The first-order valence-corrected chi connectivity index (χ1v) is 9.90. The molecule has 1 amide bonds. The van der Waals surface area contributed by atoms with Gasteiger partial charge in [-0.05, 0) is 56.4 Å².